The molecule has 29 heavy (non-hydrogen) atoms. The Hall–Kier alpha value is -1.86. The molecule has 0 aliphatic rings. The number of carboxylic acids is 1. The van der Waals surface area contributed by atoms with Gasteiger partial charge in [-0.05, 0) is 23.8 Å². The number of nitrogens with zero attached hydrogens (tertiary/aromatic N) is 1. The Kier molecular flexibility index (Phi) is 7.71. The van der Waals surface area contributed by atoms with Crippen molar-refractivity contribution in [3.05, 3.63) is 34.9 Å². The molecule has 0 saturated heterocycles. The van der Waals surface area contributed by atoms with Gasteiger partial charge in [0.05, 0.1) is 37.5 Å². The number of likely N-dealkylation sites (N-methyl/N-ethyl adjacent to an activating group) is 1. The third kappa shape index (κ3) is 9.00. The van der Waals surface area contributed by atoms with Crippen molar-refractivity contribution >= 4 is 16.0 Å². The number of rotatable bonds is 9. The fraction of sp³-hybridized carbons (Fsp3) is 0.562. The van der Waals surface area contributed by atoms with Crippen LogP contribution >= 0.6 is 0 Å². The largest absolute Gasteiger partial charge is 0.477 e. The van der Waals surface area contributed by atoms with E-state index in [2.05, 4.69) is 4.72 Å². The maximum atomic E-state index is 12.8. The molecule has 0 atom stereocenters. The van der Waals surface area contributed by atoms with Gasteiger partial charge in [0, 0.05) is 13.0 Å². The molecule has 0 heterocycles. The van der Waals surface area contributed by atoms with E-state index >= 15 is 0 Å². The first-order valence-electron chi connectivity index (χ1n) is 8.21. The Morgan fingerprint density at radius 3 is 1.93 bits per heavy atom. The van der Waals surface area contributed by atoms with Gasteiger partial charge in [0.2, 0.25) is 10.0 Å². The van der Waals surface area contributed by atoms with Crippen molar-refractivity contribution < 1.29 is 49.1 Å². The monoisotopic (exact) mass is 451 g/mol. The molecule has 0 radical (unpaired) electrons. The molecule has 0 fully saturated rings. The average Bonchev–Trinajstić information content (AvgIpc) is 2.48. The molecule has 0 bridgehead atoms. The molecule has 0 amide bonds. The number of halogens is 6. The van der Waals surface area contributed by atoms with Gasteiger partial charge in [0.25, 0.3) is 0 Å². The average molecular weight is 451 g/mol. The fourth-order valence-corrected chi connectivity index (χ4v) is 3.72. The zero-order valence-corrected chi connectivity index (χ0v) is 16.4. The number of hydrogen-bond acceptors (Lipinski definition) is 3. The highest BCUT2D eigenvalue weighted by Gasteiger charge is 2.37. The summed E-state index contributed by atoms with van der Waals surface area (Å²) in [5.41, 5.74) is -3.84. The molecule has 13 heteroatoms. The fourth-order valence-electron chi connectivity index (χ4n) is 2.55. The van der Waals surface area contributed by atoms with Gasteiger partial charge >= 0.3 is 18.3 Å². The van der Waals surface area contributed by atoms with Gasteiger partial charge in [-0.1, -0.05) is 0 Å². The summed E-state index contributed by atoms with van der Waals surface area (Å²) in [6.45, 7) is -0.0530. The third-order valence-corrected chi connectivity index (χ3v) is 5.19. The van der Waals surface area contributed by atoms with Crippen LogP contribution in [0.4, 0.5) is 26.3 Å². The number of aliphatic carboxylic acids is 1. The number of carboxylic acid groups (broad SMARTS) is 1. The van der Waals surface area contributed by atoms with Gasteiger partial charge in [-0.3, -0.25) is 0 Å². The van der Waals surface area contributed by atoms with E-state index in [0.29, 0.717) is 12.1 Å². The van der Waals surface area contributed by atoms with Crippen LogP contribution in [-0.4, -0.2) is 57.7 Å². The van der Waals surface area contributed by atoms with Crippen molar-refractivity contribution in [1.29, 1.82) is 0 Å². The lowest BCUT2D eigenvalue weighted by molar-refractivity contribution is -0.883. The molecule has 1 aromatic rings. The molecular weight excluding hydrogens is 430 g/mol. The number of quaternary nitrogens is 1. The number of sulfonamides is 1. The molecule has 0 aromatic heterocycles. The zero-order valence-electron chi connectivity index (χ0n) is 15.6. The van der Waals surface area contributed by atoms with Crippen LogP contribution in [0.25, 0.3) is 0 Å². The Morgan fingerprint density at radius 1 is 1.03 bits per heavy atom. The van der Waals surface area contributed by atoms with Crippen LogP contribution in [0.2, 0.25) is 0 Å². The zero-order chi connectivity index (χ0) is 22.7. The Balaban J connectivity index is 2.86. The quantitative estimate of drug-likeness (QED) is 0.344. The van der Waals surface area contributed by atoms with Crippen molar-refractivity contribution in [2.24, 2.45) is 0 Å². The van der Waals surface area contributed by atoms with Gasteiger partial charge in [-0.2, -0.15) is 26.3 Å². The molecular formula is C16H21F6N2O4S+. The number of carbonyl (C=O) groups is 1. The van der Waals surface area contributed by atoms with E-state index in [1.54, 1.807) is 14.1 Å². The summed E-state index contributed by atoms with van der Waals surface area (Å²) in [5.74, 6) is -2.10. The lowest BCUT2D eigenvalue weighted by Gasteiger charge is -2.27. The van der Waals surface area contributed by atoms with Gasteiger partial charge in [0.1, 0.15) is 0 Å². The van der Waals surface area contributed by atoms with Crippen LogP contribution in [0.15, 0.2) is 18.2 Å². The van der Waals surface area contributed by atoms with Crippen LogP contribution in [0, 0.1) is 0 Å². The first-order valence-corrected chi connectivity index (χ1v) is 9.86. The molecule has 0 spiro atoms. The topological polar surface area (TPSA) is 83.5 Å². The number of nitrogens with one attached hydrogen (secondary N) is 1. The number of benzene rings is 1. The number of hydrogen-bond donors (Lipinski definition) is 2. The van der Waals surface area contributed by atoms with Gasteiger partial charge in [-0.25, -0.2) is 17.9 Å². The normalized spacial score (nSPS) is 13.5. The predicted molar refractivity (Wildman–Crippen MR) is 91.2 cm³/mol. The SMILES string of the molecule is C[N+](C)(CCCNS(=O)(=O)Cc1cc(C(F)(F)F)cc(C(F)(F)F)c1)CC(=O)O. The van der Waals surface area contributed by atoms with Crippen molar-refractivity contribution in [3.63, 3.8) is 0 Å². The minimum Gasteiger partial charge on any atom is -0.477 e. The van der Waals surface area contributed by atoms with E-state index in [9.17, 15) is 39.6 Å². The summed E-state index contributed by atoms with van der Waals surface area (Å²) >= 11 is 0. The minimum atomic E-state index is -5.07. The molecule has 166 valence electrons. The second-order valence-corrected chi connectivity index (χ2v) is 8.94. The molecule has 1 rings (SSSR count). The van der Waals surface area contributed by atoms with Crippen molar-refractivity contribution in [2.45, 2.75) is 24.5 Å². The Labute approximate surface area is 163 Å². The second kappa shape index (κ2) is 8.88. The van der Waals surface area contributed by atoms with Crippen molar-refractivity contribution in [1.82, 2.24) is 4.72 Å². The summed E-state index contributed by atoms with van der Waals surface area (Å²) in [5, 5.41) is 8.77. The smallest absolute Gasteiger partial charge is 0.416 e. The van der Waals surface area contributed by atoms with E-state index in [4.69, 9.17) is 5.11 Å². The summed E-state index contributed by atoms with van der Waals surface area (Å²) in [6, 6.07) is 0.647. The molecule has 2 N–H and O–H groups in total. The maximum Gasteiger partial charge on any atom is 0.416 e. The Morgan fingerprint density at radius 2 is 1.52 bits per heavy atom. The van der Waals surface area contributed by atoms with Crippen molar-refractivity contribution in [2.75, 3.05) is 33.7 Å². The van der Waals surface area contributed by atoms with Crippen molar-refractivity contribution in [3.8, 4) is 0 Å². The third-order valence-electron chi connectivity index (χ3n) is 3.83. The molecule has 0 saturated carbocycles. The number of alkyl halides is 6. The molecule has 6 nitrogen and oxygen atoms in total. The van der Waals surface area contributed by atoms with Gasteiger partial charge in [-0.15, -0.1) is 0 Å². The van der Waals surface area contributed by atoms with Gasteiger partial charge < -0.3 is 9.59 Å². The summed E-state index contributed by atoms with van der Waals surface area (Å²) in [7, 11) is -0.978. The van der Waals surface area contributed by atoms with Crippen LogP contribution in [0.3, 0.4) is 0 Å². The highest BCUT2D eigenvalue weighted by atomic mass is 32.2. The van der Waals surface area contributed by atoms with E-state index in [1.165, 1.54) is 0 Å². The first kappa shape index (κ1) is 25.2. The van der Waals surface area contributed by atoms with Crippen LogP contribution in [-0.2, 0) is 32.9 Å². The predicted octanol–water partition coefficient (Wildman–Crippen LogP) is 2.69. The lowest BCUT2D eigenvalue weighted by atomic mass is 10.1. The van der Waals surface area contributed by atoms with E-state index < -0.39 is 50.8 Å². The molecule has 0 unspecified atom stereocenters. The highest BCUT2D eigenvalue weighted by molar-refractivity contribution is 7.88. The maximum absolute atomic E-state index is 12.8. The van der Waals surface area contributed by atoms with E-state index in [1.807, 2.05) is 0 Å². The standard InChI is InChI=1S/C16H20F6N2O4S/c1-24(2,9-14(25)26)5-3-4-23-29(27,28)10-11-6-12(15(17,18)19)8-13(7-11)16(20,21)22/h6-8,23H,3-5,9-10H2,1-2H3/p+1. The van der Waals surface area contributed by atoms with E-state index in [-0.39, 0.29) is 36.6 Å². The summed E-state index contributed by atoms with van der Waals surface area (Å²) in [4.78, 5) is 10.7. The summed E-state index contributed by atoms with van der Waals surface area (Å²) in [6.07, 6.45) is -9.92. The van der Waals surface area contributed by atoms with Gasteiger partial charge in [0.15, 0.2) is 6.54 Å². The van der Waals surface area contributed by atoms with Crippen LogP contribution < -0.4 is 4.72 Å². The minimum absolute atomic E-state index is 0.0691. The summed E-state index contributed by atoms with van der Waals surface area (Å²) < 4.78 is 103. The highest BCUT2D eigenvalue weighted by Crippen LogP contribution is 2.36. The first-order chi connectivity index (χ1) is 12.9. The molecule has 1 aromatic carbocycles. The Bertz CT molecular complexity index is 803. The molecule has 0 aliphatic heterocycles. The van der Waals surface area contributed by atoms with Crippen LogP contribution in [0.5, 0.6) is 0 Å². The van der Waals surface area contributed by atoms with Crippen LogP contribution in [0.1, 0.15) is 23.1 Å². The second-order valence-electron chi connectivity index (χ2n) is 7.13. The molecule has 0 aliphatic carbocycles. The van der Waals surface area contributed by atoms with E-state index in [0.717, 1.165) is 0 Å². The lowest BCUT2D eigenvalue weighted by Crippen LogP contribution is -2.45.